The van der Waals surface area contributed by atoms with Crippen molar-refractivity contribution in [3.8, 4) is 5.75 Å². The predicted octanol–water partition coefficient (Wildman–Crippen LogP) is 3.27. The summed E-state index contributed by atoms with van der Waals surface area (Å²) in [6.45, 7) is 2.01. The van der Waals surface area contributed by atoms with Crippen LogP contribution in [0.3, 0.4) is 0 Å². The van der Waals surface area contributed by atoms with Gasteiger partial charge in [-0.25, -0.2) is 0 Å². The van der Waals surface area contributed by atoms with Gasteiger partial charge in [-0.05, 0) is 36.2 Å². The summed E-state index contributed by atoms with van der Waals surface area (Å²) < 4.78 is 10.3. The highest BCUT2D eigenvalue weighted by Gasteiger charge is 2.09. The van der Waals surface area contributed by atoms with Crippen LogP contribution in [0.4, 0.5) is 0 Å². The van der Waals surface area contributed by atoms with Crippen molar-refractivity contribution in [1.29, 1.82) is 0 Å². The van der Waals surface area contributed by atoms with Gasteiger partial charge in [-0.3, -0.25) is 0 Å². The Morgan fingerprint density at radius 2 is 2.23 bits per heavy atom. The van der Waals surface area contributed by atoms with Gasteiger partial charge in [0.1, 0.15) is 5.75 Å². The van der Waals surface area contributed by atoms with Crippen molar-refractivity contribution >= 4 is 33.2 Å². The molecule has 1 aromatic heterocycles. The van der Waals surface area contributed by atoms with E-state index in [9.17, 15) is 0 Å². The minimum atomic E-state index is 0.557. The van der Waals surface area contributed by atoms with Gasteiger partial charge in [0.25, 0.3) is 0 Å². The average Bonchev–Trinajstić information content (AvgIpc) is 2.47. The fraction of sp³-hybridized carbons (Fsp3) is 0.222. The van der Waals surface area contributed by atoms with Gasteiger partial charge in [-0.2, -0.15) is 4.37 Å². The van der Waals surface area contributed by atoms with Crippen molar-refractivity contribution in [1.82, 2.24) is 4.37 Å². The molecule has 0 amide bonds. The van der Waals surface area contributed by atoms with Gasteiger partial charge in [0, 0.05) is 5.39 Å². The molecule has 0 aliphatic carbocycles. The molecule has 13 heavy (non-hydrogen) atoms. The molecule has 2 rings (SSSR count). The number of rotatable bonds is 1. The van der Waals surface area contributed by atoms with Crippen LogP contribution < -0.4 is 4.74 Å². The fourth-order valence-corrected chi connectivity index (χ4v) is 2.34. The molecule has 0 bridgehead atoms. The molecule has 0 fully saturated rings. The number of fused-ring (bicyclic) bond motifs is 1. The average molecular weight is 214 g/mol. The second-order valence-electron chi connectivity index (χ2n) is 2.82. The van der Waals surface area contributed by atoms with Gasteiger partial charge in [0.15, 0.2) is 5.15 Å². The first-order valence-corrected chi connectivity index (χ1v) is 4.97. The van der Waals surface area contributed by atoms with Crippen LogP contribution in [0.1, 0.15) is 5.56 Å². The molecule has 0 radical (unpaired) electrons. The van der Waals surface area contributed by atoms with E-state index in [1.54, 1.807) is 7.11 Å². The van der Waals surface area contributed by atoms with Crippen molar-refractivity contribution in [3.63, 3.8) is 0 Å². The van der Waals surface area contributed by atoms with Crippen LogP contribution in [0.5, 0.6) is 5.75 Å². The van der Waals surface area contributed by atoms with Crippen LogP contribution in [-0.2, 0) is 0 Å². The third kappa shape index (κ3) is 1.38. The van der Waals surface area contributed by atoms with E-state index < -0.39 is 0 Å². The highest BCUT2D eigenvalue weighted by molar-refractivity contribution is 7.14. The van der Waals surface area contributed by atoms with Crippen LogP contribution in [-0.4, -0.2) is 11.5 Å². The third-order valence-corrected chi connectivity index (χ3v) is 3.12. The molecule has 68 valence electrons. The van der Waals surface area contributed by atoms with Crippen LogP contribution in [0.25, 0.3) is 10.1 Å². The minimum absolute atomic E-state index is 0.557. The number of benzene rings is 1. The second kappa shape index (κ2) is 3.16. The van der Waals surface area contributed by atoms with Gasteiger partial charge >= 0.3 is 0 Å². The first-order valence-electron chi connectivity index (χ1n) is 3.82. The number of aryl methyl sites for hydroxylation is 1. The van der Waals surface area contributed by atoms with Crippen LogP contribution >= 0.6 is 23.1 Å². The van der Waals surface area contributed by atoms with Crippen LogP contribution in [0.15, 0.2) is 12.1 Å². The standard InChI is InChI=1S/C9H8ClNOS/c1-5-3-6-8(7(4-5)12-2)13-11-9(6)10/h3-4H,1-2H3. The molecule has 0 atom stereocenters. The van der Waals surface area contributed by atoms with Crippen molar-refractivity contribution in [2.24, 2.45) is 0 Å². The van der Waals surface area contributed by atoms with Crippen molar-refractivity contribution in [2.75, 3.05) is 7.11 Å². The number of nitrogens with zero attached hydrogens (tertiary/aromatic N) is 1. The fourth-order valence-electron chi connectivity index (χ4n) is 1.27. The summed E-state index contributed by atoms with van der Waals surface area (Å²) in [5.74, 6) is 0.847. The van der Waals surface area contributed by atoms with E-state index >= 15 is 0 Å². The lowest BCUT2D eigenvalue weighted by atomic mass is 10.2. The molecule has 0 saturated heterocycles. The monoisotopic (exact) mass is 213 g/mol. The number of hydrogen-bond donors (Lipinski definition) is 0. The predicted molar refractivity (Wildman–Crippen MR) is 55.9 cm³/mol. The quantitative estimate of drug-likeness (QED) is 0.726. The van der Waals surface area contributed by atoms with E-state index in [0.717, 1.165) is 21.4 Å². The molecule has 1 aromatic carbocycles. The molecule has 0 aliphatic rings. The second-order valence-corrected chi connectivity index (χ2v) is 3.95. The molecule has 2 nitrogen and oxygen atoms in total. The number of ether oxygens (including phenoxy) is 1. The minimum Gasteiger partial charge on any atom is -0.495 e. The Kier molecular flexibility index (Phi) is 2.14. The SMILES string of the molecule is COc1cc(C)cc2c(Cl)nsc12. The Hall–Kier alpha value is -0.800. The van der Waals surface area contributed by atoms with E-state index in [4.69, 9.17) is 16.3 Å². The van der Waals surface area contributed by atoms with Gasteiger partial charge < -0.3 is 4.74 Å². The van der Waals surface area contributed by atoms with E-state index in [-0.39, 0.29) is 0 Å². The van der Waals surface area contributed by atoms with Gasteiger partial charge in [0.05, 0.1) is 11.8 Å². The Labute approximate surface area is 85.3 Å². The Balaban J connectivity index is 2.84. The first-order chi connectivity index (χ1) is 6.22. The zero-order valence-corrected chi connectivity index (χ0v) is 8.87. The van der Waals surface area contributed by atoms with Crippen molar-refractivity contribution < 1.29 is 4.74 Å². The molecule has 0 N–H and O–H groups in total. The normalized spacial score (nSPS) is 10.7. The summed E-state index contributed by atoms with van der Waals surface area (Å²) in [4.78, 5) is 0. The molecule has 4 heteroatoms. The zero-order valence-electron chi connectivity index (χ0n) is 7.30. The smallest absolute Gasteiger partial charge is 0.150 e. The summed E-state index contributed by atoms with van der Waals surface area (Å²) in [6, 6.07) is 4.00. The Morgan fingerprint density at radius 1 is 1.46 bits per heavy atom. The molecular formula is C9H8ClNOS. The van der Waals surface area contributed by atoms with Crippen molar-refractivity contribution in [2.45, 2.75) is 6.92 Å². The lowest BCUT2D eigenvalue weighted by molar-refractivity contribution is 0.420. The number of halogens is 1. The van der Waals surface area contributed by atoms with Crippen LogP contribution in [0, 0.1) is 6.92 Å². The molecule has 0 saturated carbocycles. The Bertz CT molecular complexity index is 452. The van der Waals surface area contributed by atoms with Gasteiger partial charge in [-0.15, -0.1) is 0 Å². The van der Waals surface area contributed by atoms with E-state index in [1.807, 2.05) is 19.1 Å². The summed E-state index contributed by atoms with van der Waals surface area (Å²) in [5, 5.41) is 1.53. The maximum absolute atomic E-state index is 5.92. The molecule has 0 aliphatic heterocycles. The molecular weight excluding hydrogens is 206 g/mol. The largest absolute Gasteiger partial charge is 0.495 e. The molecule has 0 spiro atoms. The maximum atomic E-state index is 5.92. The topological polar surface area (TPSA) is 22.1 Å². The number of hydrogen-bond acceptors (Lipinski definition) is 3. The summed E-state index contributed by atoms with van der Waals surface area (Å²) >= 11 is 7.28. The summed E-state index contributed by atoms with van der Waals surface area (Å²) in [5.41, 5.74) is 1.13. The molecule has 2 aromatic rings. The van der Waals surface area contributed by atoms with E-state index in [1.165, 1.54) is 11.5 Å². The first kappa shape index (κ1) is 8.78. The highest BCUT2D eigenvalue weighted by atomic mass is 35.5. The number of aromatic nitrogens is 1. The maximum Gasteiger partial charge on any atom is 0.150 e. The van der Waals surface area contributed by atoms with Gasteiger partial charge in [0.2, 0.25) is 0 Å². The zero-order chi connectivity index (χ0) is 9.42. The lowest BCUT2D eigenvalue weighted by Gasteiger charge is -2.01. The Morgan fingerprint density at radius 3 is 2.92 bits per heavy atom. The summed E-state index contributed by atoms with van der Waals surface area (Å²) in [7, 11) is 1.65. The lowest BCUT2D eigenvalue weighted by Crippen LogP contribution is -1.83. The van der Waals surface area contributed by atoms with Crippen molar-refractivity contribution in [3.05, 3.63) is 22.8 Å². The van der Waals surface area contributed by atoms with Gasteiger partial charge in [-0.1, -0.05) is 11.6 Å². The number of methoxy groups -OCH3 is 1. The molecule has 0 unspecified atom stereocenters. The molecule has 1 heterocycles. The van der Waals surface area contributed by atoms with E-state index in [0.29, 0.717) is 5.15 Å². The highest BCUT2D eigenvalue weighted by Crippen LogP contribution is 2.34. The third-order valence-electron chi connectivity index (χ3n) is 1.86. The van der Waals surface area contributed by atoms with Crippen LogP contribution in [0.2, 0.25) is 5.15 Å². The van der Waals surface area contributed by atoms with E-state index in [2.05, 4.69) is 4.37 Å². The summed E-state index contributed by atoms with van der Waals surface area (Å²) in [6.07, 6.45) is 0.